The highest BCUT2D eigenvalue weighted by atomic mass is 127. The molecule has 0 bridgehead atoms. The van der Waals surface area contributed by atoms with E-state index in [1.165, 1.54) is 12.1 Å². The van der Waals surface area contributed by atoms with Crippen molar-refractivity contribution >= 4 is 29.9 Å². The van der Waals surface area contributed by atoms with Crippen molar-refractivity contribution in [1.29, 1.82) is 0 Å². The molecule has 1 heterocycles. The number of piperidine rings is 1. The van der Waals surface area contributed by atoms with Gasteiger partial charge in [-0.25, -0.2) is 8.78 Å². The molecule has 1 fully saturated rings. The van der Waals surface area contributed by atoms with Gasteiger partial charge in [0.2, 0.25) is 0 Å². The molecule has 1 atom stereocenters. The average molecular weight is 511 g/mol. The number of methoxy groups -OCH3 is 1. The van der Waals surface area contributed by atoms with Crippen LogP contribution in [0.2, 0.25) is 0 Å². The third-order valence-electron chi connectivity index (χ3n) is 4.88. The maximum Gasteiger partial charge on any atom is 0.193 e. The van der Waals surface area contributed by atoms with E-state index in [4.69, 9.17) is 9.47 Å². The van der Waals surface area contributed by atoms with E-state index in [9.17, 15) is 8.78 Å². The second-order valence-corrected chi connectivity index (χ2v) is 6.91. The van der Waals surface area contributed by atoms with Crippen molar-refractivity contribution in [3.63, 3.8) is 0 Å². The van der Waals surface area contributed by atoms with Crippen molar-refractivity contribution in [3.05, 3.63) is 35.4 Å². The Hall–Kier alpha value is -1.00. The van der Waals surface area contributed by atoms with Crippen LogP contribution >= 0.6 is 24.0 Å². The van der Waals surface area contributed by atoms with Crippen LogP contribution in [0.25, 0.3) is 0 Å². The number of hydrogen-bond donors (Lipinski definition) is 1. The predicted molar refractivity (Wildman–Crippen MR) is 119 cm³/mol. The van der Waals surface area contributed by atoms with E-state index in [2.05, 4.69) is 15.2 Å². The molecule has 0 spiro atoms. The molecule has 160 valence electrons. The maximum absolute atomic E-state index is 13.4. The molecule has 0 amide bonds. The van der Waals surface area contributed by atoms with Crippen molar-refractivity contribution in [2.75, 3.05) is 47.0 Å². The van der Waals surface area contributed by atoms with Gasteiger partial charge in [-0.2, -0.15) is 0 Å². The third kappa shape index (κ3) is 7.79. The van der Waals surface area contributed by atoms with Crippen molar-refractivity contribution in [3.8, 4) is 0 Å². The number of halogens is 3. The summed E-state index contributed by atoms with van der Waals surface area (Å²) in [5.74, 6) is -0.751. The van der Waals surface area contributed by atoms with Gasteiger partial charge in [-0.15, -0.1) is 24.0 Å². The van der Waals surface area contributed by atoms with Crippen LogP contribution in [-0.4, -0.2) is 64.0 Å². The standard InChI is InChI=1S/C20H31F2N3O2.HI/c1-15(16-5-6-18(21)19(22)13-16)14-24-20(23-2)25-9-7-17(8-10-25)27-12-4-11-26-3;/h5-6,13,15,17H,4,7-12,14H2,1-3H3,(H,23,24);1H. The number of ether oxygens (including phenoxy) is 2. The topological polar surface area (TPSA) is 46.1 Å². The first kappa shape index (κ1) is 25.0. The lowest BCUT2D eigenvalue weighted by atomic mass is 10.0. The Bertz CT molecular complexity index is 611. The summed E-state index contributed by atoms with van der Waals surface area (Å²) in [6.45, 7) is 5.81. The van der Waals surface area contributed by atoms with Gasteiger partial charge in [0.1, 0.15) is 0 Å². The number of nitrogens with zero attached hydrogens (tertiary/aromatic N) is 2. The largest absolute Gasteiger partial charge is 0.385 e. The Labute approximate surface area is 183 Å². The average Bonchev–Trinajstić information content (AvgIpc) is 2.68. The van der Waals surface area contributed by atoms with Gasteiger partial charge in [-0.1, -0.05) is 13.0 Å². The second kappa shape index (κ2) is 13.3. The molecule has 0 aliphatic carbocycles. The molecule has 1 aromatic rings. The van der Waals surface area contributed by atoms with Crippen molar-refractivity contribution < 1.29 is 18.3 Å². The SMILES string of the molecule is CN=C(NCC(C)c1ccc(F)c(F)c1)N1CCC(OCCCOC)CC1.I. The Morgan fingerprint density at radius 1 is 1.25 bits per heavy atom. The van der Waals surface area contributed by atoms with Gasteiger partial charge in [-0.05, 0) is 42.9 Å². The van der Waals surface area contributed by atoms with Gasteiger partial charge in [-0.3, -0.25) is 4.99 Å². The van der Waals surface area contributed by atoms with Gasteiger partial charge in [0, 0.05) is 47.0 Å². The quantitative estimate of drug-likeness (QED) is 0.250. The summed E-state index contributed by atoms with van der Waals surface area (Å²) in [5, 5.41) is 3.35. The van der Waals surface area contributed by atoms with Crippen LogP contribution in [0, 0.1) is 11.6 Å². The van der Waals surface area contributed by atoms with Crippen LogP contribution in [0.3, 0.4) is 0 Å². The lowest BCUT2D eigenvalue weighted by molar-refractivity contribution is 0.00990. The van der Waals surface area contributed by atoms with Gasteiger partial charge in [0.25, 0.3) is 0 Å². The van der Waals surface area contributed by atoms with Gasteiger partial charge in [0.15, 0.2) is 17.6 Å². The summed E-state index contributed by atoms with van der Waals surface area (Å²) in [6, 6.07) is 4.06. The van der Waals surface area contributed by atoms with Crippen LogP contribution in [0.1, 0.15) is 37.7 Å². The Kier molecular flexibility index (Phi) is 11.9. The normalized spacial score (nSPS) is 16.6. The fourth-order valence-electron chi connectivity index (χ4n) is 3.20. The molecule has 8 heteroatoms. The molecule has 1 N–H and O–H groups in total. The summed E-state index contributed by atoms with van der Waals surface area (Å²) in [5.41, 5.74) is 0.764. The highest BCUT2D eigenvalue weighted by molar-refractivity contribution is 14.0. The zero-order chi connectivity index (χ0) is 19.6. The minimum atomic E-state index is -0.818. The number of nitrogens with one attached hydrogen (secondary N) is 1. The summed E-state index contributed by atoms with van der Waals surface area (Å²) < 4.78 is 37.4. The van der Waals surface area contributed by atoms with Gasteiger partial charge >= 0.3 is 0 Å². The first-order valence-corrected chi connectivity index (χ1v) is 9.56. The fourth-order valence-corrected chi connectivity index (χ4v) is 3.20. The number of guanidine groups is 1. The maximum atomic E-state index is 13.4. The van der Waals surface area contributed by atoms with E-state index < -0.39 is 11.6 Å². The number of aliphatic imine (C=N–C) groups is 1. The zero-order valence-electron chi connectivity index (χ0n) is 16.9. The van der Waals surface area contributed by atoms with E-state index >= 15 is 0 Å². The fraction of sp³-hybridized carbons (Fsp3) is 0.650. The highest BCUT2D eigenvalue weighted by Crippen LogP contribution is 2.18. The van der Waals surface area contributed by atoms with Crippen LogP contribution in [0.4, 0.5) is 8.78 Å². The molecular weight excluding hydrogens is 479 g/mol. The third-order valence-corrected chi connectivity index (χ3v) is 4.88. The van der Waals surface area contributed by atoms with Gasteiger partial charge in [0.05, 0.1) is 6.10 Å². The predicted octanol–water partition coefficient (Wildman–Crippen LogP) is 3.78. The van der Waals surface area contributed by atoms with Crippen LogP contribution in [0.15, 0.2) is 23.2 Å². The van der Waals surface area contributed by atoms with Crippen LogP contribution < -0.4 is 5.32 Å². The Morgan fingerprint density at radius 3 is 2.57 bits per heavy atom. The molecule has 5 nitrogen and oxygen atoms in total. The molecule has 0 saturated carbocycles. The minimum absolute atomic E-state index is 0. The minimum Gasteiger partial charge on any atom is -0.385 e. The Morgan fingerprint density at radius 2 is 1.96 bits per heavy atom. The number of benzene rings is 1. The smallest absolute Gasteiger partial charge is 0.193 e. The number of rotatable bonds is 8. The molecule has 0 radical (unpaired) electrons. The summed E-state index contributed by atoms with van der Waals surface area (Å²) in [7, 11) is 3.46. The number of likely N-dealkylation sites (tertiary alicyclic amines) is 1. The zero-order valence-corrected chi connectivity index (χ0v) is 19.2. The molecule has 0 aromatic heterocycles. The summed E-state index contributed by atoms with van der Waals surface area (Å²) in [6.07, 6.45) is 3.14. The second-order valence-electron chi connectivity index (χ2n) is 6.91. The molecule has 1 unspecified atom stereocenters. The monoisotopic (exact) mass is 511 g/mol. The molecule has 1 saturated heterocycles. The van der Waals surface area contributed by atoms with E-state index in [-0.39, 0.29) is 36.0 Å². The van der Waals surface area contributed by atoms with Crippen LogP contribution in [0.5, 0.6) is 0 Å². The molecule has 28 heavy (non-hydrogen) atoms. The lowest BCUT2D eigenvalue weighted by Gasteiger charge is -2.34. The van der Waals surface area contributed by atoms with E-state index in [0.29, 0.717) is 6.54 Å². The first-order valence-electron chi connectivity index (χ1n) is 9.56. The Balaban J connectivity index is 0.00000392. The summed E-state index contributed by atoms with van der Waals surface area (Å²) in [4.78, 5) is 6.58. The molecular formula is C20H32F2IN3O2. The van der Waals surface area contributed by atoms with E-state index in [0.717, 1.165) is 57.1 Å². The van der Waals surface area contributed by atoms with Crippen molar-refractivity contribution in [2.24, 2.45) is 4.99 Å². The number of hydrogen-bond acceptors (Lipinski definition) is 3. The summed E-state index contributed by atoms with van der Waals surface area (Å²) >= 11 is 0. The van der Waals surface area contributed by atoms with E-state index in [1.807, 2.05) is 6.92 Å². The van der Waals surface area contributed by atoms with Crippen LogP contribution in [-0.2, 0) is 9.47 Å². The first-order chi connectivity index (χ1) is 13.0. The molecule has 2 rings (SSSR count). The highest BCUT2D eigenvalue weighted by Gasteiger charge is 2.22. The van der Waals surface area contributed by atoms with Crippen molar-refractivity contribution in [2.45, 2.75) is 38.2 Å². The van der Waals surface area contributed by atoms with Crippen molar-refractivity contribution in [1.82, 2.24) is 10.2 Å². The molecule has 1 aliphatic rings. The molecule has 1 aromatic carbocycles. The van der Waals surface area contributed by atoms with Gasteiger partial charge < -0.3 is 19.7 Å². The van der Waals surface area contributed by atoms with E-state index in [1.54, 1.807) is 20.2 Å². The molecule has 1 aliphatic heterocycles. The lowest BCUT2D eigenvalue weighted by Crippen LogP contribution is -2.47.